The van der Waals surface area contributed by atoms with E-state index in [9.17, 15) is 4.79 Å². The van der Waals surface area contributed by atoms with Crippen molar-refractivity contribution in [3.05, 3.63) is 34.9 Å². The molecule has 0 saturated heterocycles. The van der Waals surface area contributed by atoms with Crippen LogP contribution in [0.2, 0.25) is 0 Å². The van der Waals surface area contributed by atoms with Crippen molar-refractivity contribution in [2.75, 3.05) is 6.61 Å². The monoisotopic (exact) mass is 204 g/mol. The van der Waals surface area contributed by atoms with Gasteiger partial charge in [-0.25, -0.2) is 4.79 Å². The quantitative estimate of drug-likeness (QED) is 0.750. The molecule has 0 unspecified atom stereocenters. The summed E-state index contributed by atoms with van der Waals surface area (Å²) in [6.45, 7) is 2.31. The van der Waals surface area contributed by atoms with Crippen LogP contribution in [-0.2, 0) is 11.2 Å². The maximum absolute atomic E-state index is 10.6. The van der Waals surface area contributed by atoms with Gasteiger partial charge in [-0.1, -0.05) is 6.07 Å². The van der Waals surface area contributed by atoms with Gasteiger partial charge in [0.25, 0.3) is 0 Å². The van der Waals surface area contributed by atoms with Crippen molar-refractivity contribution in [1.82, 2.24) is 0 Å². The van der Waals surface area contributed by atoms with E-state index in [-0.39, 0.29) is 0 Å². The van der Waals surface area contributed by atoms with Gasteiger partial charge in [-0.05, 0) is 36.3 Å². The topological polar surface area (TPSA) is 46.5 Å². The highest BCUT2D eigenvalue weighted by atomic mass is 16.5. The van der Waals surface area contributed by atoms with Gasteiger partial charge in [0.15, 0.2) is 0 Å². The molecule has 3 nitrogen and oxygen atoms in total. The van der Waals surface area contributed by atoms with Crippen molar-refractivity contribution >= 4 is 12.0 Å². The first-order chi connectivity index (χ1) is 7.16. The summed E-state index contributed by atoms with van der Waals surface area (Å²) in [5.41, 5.74) is 2.41. The maximum atomic E-state index is 10.6. The number of aliphatic carboxylic acids is 1. The zero-order valence-electron chi connectivity index (χ0n) is 8.49. The maximum Gasteiger partial charge on any atom is 0.331 e. The van der Waals surface area contributed by atoms with Gasteiger partial charge >= 0.3 is 5.97 Å². The Hall–Kier alpha value is -1.77. The normalized spacial score (nSPS) is 14.6. The lowest BCUT2D eigenvalue weighted by Gasteiger charge is -2.00. The van der Waals surface area contributed by atoms with Crippen LogP contribution in [0.5, 0.6) is 5.75 Å². The predicted octanol–water partition coefficient (Wildman–Crippen LogP) is 2.11. The number of hydrogen-bond donors (Lipinski definition) is 1. The largest absolute Gasteiger partial charge is 0.493 e. The molecule has 0 radical (unpaired) electrons. The molecule has 0 aromatic heterocycles. The number of carboxylic acids is 1. The van der Waals surface area contributed by atoms with Gasteiger partial charge in [0, 0.05) is 12.0 Å². The SMILES string of the molecule is CC(=Cc1ccc2c(c1)CCO2)C(=O)O. The van der Waals surface area contributed by atoms with Gasteiger partial charge in [-0.15, -0.1) is 0 Å². The molecule has 1 N–H and O–H groups in total. The van der Waals surface area contributed by atoms with Crippen molar-refractivity contribution < 1.29 is 14.6 Å². The second kappa shape index (κ2) is 3.77. The molecule has 1 aromatic carbocycles. The average molecular weight is 204 g/mol. The average Bonchev–Trinajstić information content (AvgIpc) is 2.64. The van der Waals surface area contributed by atoms with E-state index in [1.807, 2.05) is 18.2 Å². The highest BCUT2D eigenvalue weighted by Gasteiger charge is 2.11. The number of fused-ring (bicyclic) bond motifs is 1. The van der Waals surface area contributed by atoms with Gasteiger partial charge in [0.2, 0.25) is 0 Å². The number of benzene rings is 1. The van der Waals surface area contributed by atoms with Gasteiger partial charge in [0.05, 0.1) is 6.61 Å². The molecule has 78 valence electrons. The molecule has 0 aliphatic carbocycles. The second-order valence-corrected chi connectivity index (χ2v) is 3.60. The van der Waals surface area contributed by atoms with E-state index in [0.717, 1.165) is 29.9 Å². The van der Waals surface area contributed by atoms with E-state index in [0.29, 0.717) is 5.57 Å². The molecule has 2 rings (SSSR count). The minimum absolute atomic E-state index is 0.342. The molecule has 0 saturated carbocycles. The zero-order valence-corrected chi connectivity index (χ0v) is 8.49. The van der Waals surface area contributed by atoms with Crippen LogP contribution in [-0.4, -0.2) is 17.7 Å². The molecule has 1 aromatic rings. The fourth-order valence-electron chi connectivity index (χ4n) is 1.61. The lowest BCUT2D eigenvalue weighted by Crippen LogP contribution is -1.95. The van der Waals surface area contributed by atoms with E-state index in [1.54, 1.807) is 13.0 Å². The zero-order chi connectivity index (χ0) is 10.8. The van der Waals surface area contributed by atoms with E-state index < -0.39 is 5.97 Å². The minimum atomic E-state index is -0.883. The van der Waals surface area contributed by atoms with E-state index in [1.165, 1.54) is 0 Å². The first-order valence-corrected chi connectivity index (χ1v) is 4.84. The Morgan fingerprint density at radius 1 is 1.53 bits per heavy atom. The van der Waals surface area contributed by atoms with Gasteiger partial charge in [0.1, 0.15) is 5.75 Å². The summed E-state index contributed by atoms with van der Waals surface area (Å²) in [5.74, 6) is 0.0341. The Bertz CT molecular complexity index is 432. The van der Waals surface area contributed by atoms with Crippen LogP contribution in [0, 0.1) is 0 Å². The van der Waals surface area contributed by atoms with E-state index in [4.69, 9.17) is 9.84 Å². The predicted molar refractivity (Wildman–Crippen MR) is 56.9 cm³/mol. The summed E-state index contributed by atoms with van der Waals surface area (Å²) >= 11 is 0. The molecule has 0 atom stereocenters. The summed E-state index contributed by atoms with van der Waals surface area (Å²) < 4.78 is 5.37. The number of ether oxygens (including phenoxy) is 1. The number of rotatable bonds is 2. The molecule has 15 heavy (non-hydrogen) atoms. The van der Waals surface area contributed by atoms with Crippen molar-refractivity contribution in [2.24, 2.45) is 0 Å². The summed E-state index contributed by atoms with van der Waals surface area (Å²) in [4.78, 5) is 10.6. The molecule has 1 aliphatic heterocycles. The van der Waals surface area contributed by atoms with Crippen LogP contribution in [0.25, 0.3) is 6.08 Å². The van der Waals surface area contributed by atoms with Crippen LogP contribution in [0.1, 0.15) is 18.1 Å². The highest BCUT2D eigenvalue weighted by Crippen LogP contribution is 2.26. The third-order valence-corrected chi connectivity index (χ3v) is 2.43. The fourth-order valence-corrected chi connectivity index (χ4v) is 1.61. The Kier molecular flexibility index (Phi) is 2.46. The molecule has 1 aliphatic rings. The van der Waals surface area contributed by atoms with Crippen LogP contribution >= 0.6 is 0 Å². The highest BCUT2D eigenvalue weighted by molar-refractivity contribution is 5.91. The Morgan fingerprint density at radius 2 is 2.33 bits per heavy atom. The Labute approximate surface area is 88.0 Å². The lowest BCUT2D eigenvalue weighted by molar-refractivity contribution is -0.132. The van der Waals surface area contributed by atoms with Crippen LogP contribution < -0.4 is 4.74 Å². The Morgan fingerprint density at radius 3 is 3.07 bits per heavy atom. The summed E-state index contributed by atoms with van der Waals surface area (Å²) in [6.07, 6.45) is 2.57. The van der Waals surface area contributed by atoms with Crippen LogP contribution in [0.3, 0.4) is 0 Å². The van der Waals surface area contributed by atoms with Gasteiger partial charge < -0.3 is 9.84 Å². The molecule has 3 heteroatoms. The Balaban J connectivity index is 2.31. The van der Waals surface area contributed by atoms with E-state index >= 15 is 0 Å². The van der Waals surface area contributed by atoms with Crippen LogP contribution in [0.15, 0.2) is 23.8 Å². The summed E-state index contributed by atoms with van der Waals surface area (Å²) in [5, 5.41) is 8.74. The second-order valence-electron chi connectivity index (χ2n) is 3.60. The minimum Gasteiger partial charge on any atom is -0.493 e. The number of hydrogen-bond acceptors (Lipinski definition) is 2. The first kappa shape index (κ1) is 9.77. The van der Waals surface area contributed by atoms with E-state index in [2.05, 4.69) is 0 Å². The van der Waals surface area contributed by atoms with Crippen molar-refractivity contribution in [1.29, 1.82) is 0 Å². The third-order valence-electron chi connectivity index (χ3n) is 2.43. The molecule has 0 spiro atoms. The van der Waals surface area contributed by atoms with Crippen molar-refractivity contribution in [3.8, 4) is 5.75 Å². The molecular formula is C12H12O3. The summed E-state index contributed by atoms with van der Waals surface area (Å²) in [6, 6.07) is 5.74. The first-order valence-electron chi connectivity index (χ1n) is 4.84. The number of carbonyl (C=O) groups is 1. The number of carboxylic acid groups (broad SMARTS) is 1. The smallest absolute Gasteiger partial charge is 0.331 e. The molecule has 0 fully saturated rings. The molecule has 1 heterocycles. The van der Waals surface area contributed by atoms with Crippen molar-refractivity contribution in [2.45, 2.75) is 13.3 Å². The van der Waals surface area contributed by atoms with Crippen LogP contribution in [0.4, 0.5) is 0 Å². The van der Waals surface area contributed by atoms with Crippen molar-refractivity contribution in [3.63, 3.8) is 0 Å². The molecular weight excluding hydrogens is 192 g/mol. The summed E-state index contributed by atoms with van der Waals surface area (Å²) in [7, 11) is 0. The molecule has 0 amide bonds. The standard InChI is InChI=1S/C12H12O3/c1-8(12(13)14)6-9-2-3-11-10(7-9)4-5-15-11/h2-3,6-7H,4-5H2,1H3,(H,13,14). The lowest BCUT2D eigenvalue weighted by atomic mass is 10.1. The van der Waals surface area contributed by atoms with Gasteiger partial charge in [-0.2, -0.15) is 0 Å². The van der Waals surface area contributed by atoms with Gasteiger partial charge in [-0.3, -0.25) is 0 Å². The third kappa shape index (κ3) is 2.01. The fraction of sp³-hybridized carbons (Fsp3) is 0.250. The molecule has 0 bridgehead atoms.